The van der Waals surface area contributed by atoms with Gasteiger partial charge in [-0.25, -0.2) is 4.79 Å². The van der Waals surface area contributed by atoms with Gasteiger partial charge in [0.15, 0.2) is 0 Å². The SMILES string of the molecule is CCCC(C)NC(=O)C(c1cccc(C)c1)N(C)C(=O)C(CCSC)NC(=O)OC(C)(C)C. The number of likely N-dealkylation sites (N-methyl/N-ethyl adjacent to an activating group) is 1. The van der Waals surface area contributed by atoms with E-state index in [4.69, 9.17) is 4.74 Å². The molecule has 1 rings (SSSR count). The van der Waals surface area contributed by atoms with E-state index in [1.165, 1.54) is 4.90 Å². The number of amides is 3. The largest absolute Gasteiger partial charge is 0.444 e. The highest BCUT2D eigenvalue weighted by Crippen LogP contribution is 2.23. The Morgan fingerprint density at radius 1 is 1.15 bits per heavy atom. The van der Waals surface area contributed by atoms with E-state index in [0.717, 1.165) is 24.0 Å². The molecule has 0 heterocycles. The number of thioether (sulfide) groups is 1. The van der Waals surface area contributed by atoms with Gasteiger partial charge in [-0.15, -0.1) is 0 Å². The van der Waals surface area contributed by atoms with Crippen LogP contribution in [0.25, 0.3) is 0 Å². The number of nitrogens with one attached hydrogen (secondary N) is 2. The molecule has 0 fully saturated rings. The summed E-state index contributed by atoms with van der Waals surface area (Å²) in [7, 11) is 1.61. The molecule has 1 aromatic rings. The second kappa shape index (κ2) is 13.5. The van der Waals surface area contributed by atoms with Gasteiger partial charge in [0.25, 0.3) is 0 Å². The van der Waals surface area contributed by atoms with Crippen molar-refractivity contribution < 1.29 is 19.1 Å². The lowest BCUT2D eigenvalue weighted by atomic mass is 10.0. The number of rotatable bonds is 11. The molecule has 0 aromatic heterocycles. The van der Waals surface area contributed by atoms with Gasteiger partial charge in [-0.05, 0) is 65.0 Å². The molecule has 2 N–H and O–H groups in total. The minimum absolute atomic E-state index is 0.00881. The summed E-state index contributed by atoms with van der Waals surface area (Å²) in [5, 5.41) is 5.75. The first kappa shape index (κ1) is 28.8. The molecule has 0 saturated carbocycles. The standard InChI is InChI=1S/C25H41N3O4S/c1-9-11-18(3)26-22(29)21(19-13-10-12-17(2)16-19)28(7)23(30)20(14-15-33-8)27-24(31)32-25(4,5)6/h10,12-13,16,18,20-21H,9,11,14-15H2,1-8H3,(H,26,29)(H,27,31). The van der Waals surface area contributed by atoms with E-state index in [9.17, 15) is 14.4 Å². The second-order valence-electron chi connectivity index (χ2n) is 9.44. The number of hydrogen-bond acceptors (Lipinski definition) is 5. The molecule has 3 unspecified atom stereocenters. The minimum atomic E-state index is -0.811. The van der Waals surface area contributed by atoms with Crippen LogP contribution < -0.4 is 10.6 Å². The maximum atomic E-state index is 13.5. The molecular formula is C25H41N3O4S. The van der Waals surface area contributed by atoms with E-state index in [-0.39, 0.29) is 17.9 Å². The number of benzene rings is 1. The zero-order valence-corrected chi connectivity index (χ0v) is 22.2. The van der Waals surface area contributed by atoms with Crippen LogP contribution >= 0.6 is 11.8 Å². The van der Waals surface area contributed by atoms with Gasteiger partial charge in [0.1, 0.15) is 17.7 Å². The number of hydrogen-bond donors (Lipinski definition) is 2. The molecular weight excluding hydrogens is 438 g/mol. The summed E-state index contributed by atoms with van der Waals surface area (Å²) in [6.07, 6.45) is 3.51. The maximum absolute atomic E-state index is 13.5. The minimum Gasteiger partial charge on any atom is -0.444 e. The summed E-state index contributed by atoms with van der Waals surface area (Å²) in [6, 6.07) is 5.97. The number of carbonyl (C=O) groups excluding carboxylic acids is 3. The molecule has 0 aliphatic carbocycles. The highest BCUT2D eigenvalue weighted by molar-refractivity contribution is 7.98. The first-order chi connectivity index (χ1) is 15.4. The lowest BCUT2D eigenvalue weighted by molar-refractivity contribution is -0.141. The molecule has 0 bridgehead atoms. The van der Waals surface area contributed by atoms with Gasteiger partial charge in [-0.3, -0.25) is 9.59 Å². The van der Waals surface area contributed by atoms with E-state index in [0.29, 0.717) is 12.2 Å². The number of ether oxygens (including phenoxy) is 1. The normalized spacial score (nSPS) is 14.1. The van der Waals surface area contributed by atoms with E-state index in [2.05, 4.69) is 17.6 Å². The maximum Gasteiger partial charge on any atom is 0.408 e. The summed E-state index contributed by atoms with van der Waals surface area (Å²) in [4.78, 5) is 40.7. The van der Waals surface area contributed by atoms with Crippen LogP contribution in [0.3, 0.4) is 0 Å². The molecule has 3 atom stereocenters. The lowest BCUT2D eigenvalue weighted by Gasteiger charge is -2.32. The molecule has 0 radical (unpaired) electrons. The molecule has 0 saturated heterocycles. The quantitative estimate of drug-likeness (QED) is 0.490. The molecule has 8 heteroatoms. The van der Waals surface area contributed by atoms with Gasteiger partial charge < -0.3 is 20.3 Å². The Morgan fingerprint density at radius 2 is 1.82 bits per heavy atom. The molecule has 0 aliphatic rings. The van der Waals surface area contributed by atoms with Crippen molar-refractivity contribution in [1.29, 1.82) is 0 Å². The average Bonchev–Trinajstić information content (AvgIpc) is 2.69. The molecule has 0 aliphatic heterocycles. The Hall–Kier alpha value is -2.22. The summed E-state index contributed by atoms with van der Waals surface area (Å²) in [6.45, 7) is 11.3. The van der Waals surface area contributed by atoms with Crippen LogP contribution in [0.4, 0.5) is 4.79 Å². The third kappa shape index (κ3) is 10.1. The third-order valence-corrected chi connectivity index (χ3v) is 5.70. The van der Waals surface area contributed by atoms with E-state index >= 15 is 0 Å². The Labute approximate surface area is 203 Å². The number of aryl methyl sites for hydroxylation is 1. The van der Waals surface area contributed by atoms with Gasteiger partial charge >= 0.3 is 6.09 Å². The topological polar surface area (TPSA) is 87.7 Å². The Balaban J connectivity index is 3.21. The molecule has 0 spiro atoms. The highest BCUT2D eigenvalue weighted by Gasteiger charge is 2.34. The van der Waals surface area contributed by atoms with Crippen molar-refractivity contribution in [3.63, 3.8) is 0 Å². The van der Waals surface area contributed by atoms with Crippen LogP contribution in [-0.2, 0) is 14.3 Å². The zero-order valence-electron chi connectivity index (χ0n) is 21.4. The third-order valence-electron chi connectivity index (χ3n) is 5.05. The molecule has 1 aromatic carbocycles. The van der Waals surface area contributed by atoms with Crippen molar-refractivity contribution in [1.82, 2.24) is 15.5 Å². The van der Waals surface area contributed by atoms with E-state index in [1.54, 1.807) is 39.6 Å². The number of nitrogens with zero attached hydrogens (tertiary/aromatic N) is 1. The van der Waals surface area contributed by atoms with Crippen molar-refractivity contribution in [2.75, 3.05) is 19.1 Å². The van der Waals surface area contributed by atoms with Crippen molar-refractivity contribution >= 4 is 29.7 Å². The van der Waals surface area contributed by atoms with Crippen molar-refractivity contribution in [3.8, 4) is 0 Å². The van der Waals surface area contributed by atoms with Crippen LogP contribution in [0.15, 0.2) is 24.3 Å². The van der Waals surface area contributed by atoms with Crippen LogP contribution in [0.1, 0.15) is 71.0 Å². The number of carbonyl (C=O) groups is 3. The van der Waals surface area contributed by atoms with Gasteiger partial charge in [0.2, 0.25) is 11.8 Å². The predicted molar refractivity (Wildman–Crippen MR) is 135 cm³/mol. The smallest absolute Gasteiger partial charge is 0.408 e. The molecule has 7 nitrogen and oxygen atoms in total. The molecule has 33 heavy (non-hydrogen) atoms. The zero-order chi connectivity index (χ0) is 25.2. The van der Waals surface area contributed by atoms with E-state index in [1.807, 2.05) is 44.4 Å². The van der Waals surface area contributed by atoms with Crippen LogP contribution in [0, 0.1) is 6.92 Å². The summed E-state index contributed by atoms with van der Waals surface area (Å²) in [5.74, 6) is 0.104. The fraction of sp³-hybridized carbons (Fsp3) is 0.640. The van der Waals surface area contributed by atoms with Gasteiger partial charge in [-0.2, -0.15) is 11.8 Å². The summed E-state index contributed by atoms with van der Waals surface area (Å²) < 4.78 is 5.36. The lowest BCUT2D eigenvalue weighted by Crippen LogP contribution is -2.52. The Morgan fingerprint density at radius 3 is 2.36 bits per heavy atom. The summed E-state index contributed by atoms with van der Waals surface area (Å²) in [5.41, 5.74) is 1.05. The second-order valence-corrected chi connectivity index (χ2v) is 10.4. The first-order valence-corrected chi connectivity index (χ1v) is 12.9. The molecule has 186 valence electrons. The van der Waals surface area contributed by atoms with Crippen LogP contribution in [-0.4, -0.2) is 59.5 Å². The van der Waals surface area contributed by atoms with Crippen molar-refractivity contribution in [3.05, 3.63) is 35.4 Å². The van der Waals surface area contributed by atoms with Gasteiger partial charge in [0, 0.05) is 13.1 Å². The van der Waals surface area contributed by atoms with Crippen LogP contribution in [0.2, 0.25) is 0 Å². The van der Waals surface area contributed by atoms with Gasteiger partial charge in [0.05, 0.1) is 0 Å². The van der Waals surface area contributed by atoms with Crippen molar-refractivity contribution in [2.45, 2.75) is 84.5 Å². The molecule has 3 amide bonds. The van der Waals surface area contributed by atoms with Gasteiger partial charge in [-0.1, -0.05) is 43.2 Å². The highest BCUT2D eigenvalue weighted by atomic mass is 32.2. The fourth-order valence-corrected chi connectivity index (χ4v) is 4.01. The first-order valence-electron chi connectivity index (χ1n) is 11.5. The fourth-order valence-electron chi connectivity index (χ4n) is 3.53. The summed E-state index contributed by atoms with van der Waals surface area (Å²) >= 11 is 1.58. The van der Waals surface area contributed by atoms with Crippen LogP contribution in [0.5, 0.6) is 0 Å². The Kier molecular flexibility index (Phi) is 11.8. The number of alkyl carbamates (subject to hydrolysis) is 1. The Bertz CT molecular complexity index is 794. The average molecular weight is 480 g/mol. The monoisotopic (exact) mass is 479 g/mol. The van der Waals surface area contributed by atoms with Crippen molar-refractivity contribution in [2.24, 2.45) is 0 Å². The van der Waals surface area contributed by atoms with E-state index < -0.39 is 23.8 Å². The predicted octanol–water partition coefficient (Wildman–Crippen LogP) is 4.45.